The Bertz CT molecular complexity index is 745. The second kappa shape index (κ2) is 9.33. The van der Waals surface area contributed by atoms with Crippen molar-refractivity contribution in [3.05, 3.63) is 52.7 Å². The maximum atomic E-state index is 13.3. The molecule has 8 heteroatoms. The highest BCUT2D eigenvalue weighted by molar-refractivity contribution is 6.35. The topological polar surface area (TPSA) is 27.1 Å². The molecule has 142 valence electrons. The Morgan fingerprint density at radius 1 is 1.15 bits per heavy atom. The predicted octanol–water partition coefficient (Wildman–Crippen LogP) is 6.71. The van der Waals surface area contributed by atoms with Crippen LogP contribution in [0.3, 0.4) is 0 Å². The minimum Gasteiger partial charge on any atom is -0.477 e. The minimum atomic E-state index is -4.57. The molecule has 0 atom stereocenters. The van der Waals surface area contributed by atoms with Crippen LogP contribution in [0.25, 0.3) is 5.69 Å². The molecule has 0 bridgehead atoms. The highest BCUT2D eigenvalue weighted by Gasteiger charge is 2.38. The van der Waals surface area contributed by atoms with Crippen molar-refractivity contribution in [2.24, 2.45) is 0 Å². The maximum absolute atomic E-state index is 13.3. The molecule has 0 saturated carbocycles. The zero-order chi connectivity index (χ0) is 19.2. The monoisotopic (exact) mass is 406 g/mol. The van der Waals surface area contributed by atoms with Crippen LogP contribution in [0.4, 0.5) is 13.2 Å². The first kappa shape index (κ1) is 20.6. The van der Waals surface area contributed by atoms with Crippen molar-refractivity contribution in [3.63, 3.8) is 0 Å². The predicted molar refractivity (Wildman–Crippen MR) is 97.4 cm³/mol. The van der Waals surface area contributed by atoms with Crippen LogP contribution >= 0.6 is 23.2 Å². The van der Waals surface area contributed by atoms with Gasteiger partial charge in [0.1, 0.15) is 5.56 Å². The van der Waals surface area contributed by atoms with Gasteiger partial charge in [-0.15, -0.1) is 6.58 Å². The Balaban J connectivity index is 2.16. The van der Waals surface area contributed by atoms with E-state index < -0.39 is 11.7 Å². The number of allylic oxidation sites excluding steroid dienone is 1. The van der Waals surface area contributed by atoms with Crippen LogP contribution in [0.15, 0.2) is 37.1 Å². The van der Waals surface area contributed by atoms with Crippen molar-refractivity contribution in [1.29, 1.82) is 0 Å². The Labute approximate surface area is 160 Å². The molecule has 0 radical (unpaired) electrons. The van der Waals surface area contributed by atoms with Gasteiger partial charge in [0.2, 0.25) is 5.88 Å². The molecule has 0 amide bonds. The molecule has 0 aliphatic rings. The van der Waals surface area contributed by atoms with E-state index in [9.17, 15) is 13.2 Å². The average Bonchev–Trinajstić information content (AvgIpc) is 2.98. The van der Waals surface area contributed by atoms with Gasteiger partial charge < -0.3 is 4.74 Å². The number of hydrogen-bond donors (Lipinski definition) is 0. The van der Waals surface area contributed by atoms with Gasteiger partial charge in [-0.2, -0.15) is 23.0 Å². The third-order valence-electron chi connectivity index (χ3n) is 3.71. The lowest BCUT2D eigenvalue weighted by molar-refractivity contribution is -0.139. The normalized spacial score (nSPS) is 11.6. The molecular weight excluding hydrogens is 388 g/mol. The molecule has 3 nitrogen and oxygen atoms in total. The van der Waals surface area contributed by atoms with Crippen molar-refractivity contribution in [2.75, 3.05) is 6.61 Å². The largest absolute Gasteiger partial charge is 0.477 e. The molecular formula is C18H19Cl2F3N2O. The lowest BCUT2D eigenvalue weighted by Gasteiger charge is -2.14. The molecule has 1 aromatic carbocycles. The first-order valence-electron chi connectivity index (χ1n) is 8.19. The number of aromatic nitrogens is 2. The Hall–Kier alpha value is -1.66. The standard InChI is InChI=1S/C18H19Cl2F3N2O/c1-2-3-4-5-6-7-10-26-17-14(18(21,22)23)12-24-25(17)16-9-8-13(19)11-15(16)20/h2,8-9,11-12H,1,3-7,10H2. The van der Waals surface area contributed by atoms with Gasteiger partial charge in [0, 0.05) is 5.02 Å². The van der Waals surface area contributed by atoms with Gasteiger partial charge in [-0.25, -0.2) is 0 Å². The van der Waals surface area contributed by atoms with Crippen molar-refractivity contribution in [3.8, 4) is 11.6 Å². The summed E-state index contributed by atoms with van der Waals surface area (Å²) in [4.78, 5) is 0. The summed E-state index contributed by atoms with van der Waals surface area (Å²) < 4.78 is 46.3. The van der Waals surface area contributed by atoms with Crippen LogP contribution in [0, 0.1) is 0 Å². The number of alkyl halides is 3. The molecule has 2 aromatic rings. The highest BCUT2D eigenvalue weighted by Crippen LogP contribution is 2.38. The van der Waals surface area contributed by atoms with E-state index in [4.69, 9.17) is 27.9 Å². The molecule has 0 saturated heterocycles. The minimum absolute atomic E-state index is 0.161. The number of unbranched alkanes of at least 4 members (excludes halogenated alkanes) is 4. The molecule has 0 aliphatic carbocycles. The molecule has 0 unspecified atom stereocenters. The van der Waals surface area contributed by atoms with Gasteiger partial charge in [-0.1, -0.05) is 42.1 Å². The second-order valence-electron chi connectivity index (χ2n) is 5.71. The first-order chi connectivity index (χ1) is 12.3. The number of benzene rings is 1. The lowest BCUT2D eigenvalue weighted by atomic mass is 10.1. The summed E-state index contributed by atoms with van der Waals surface area (Å²) in [7, 11) is 0. The molecule has 0 aliphatic heterocycles. The summed E-state index contributed by atoms with van der Waals surface area (Å²) >= 11 is 11.9. The zero-order valence-electron chi connectivity index (χ0n) is 14.0. The summed E-state index contributed by atoms with van der Waals surface area (Å²) in [6, 6.07) is 4.47. The van der Waals surface area contributed by atoms with E-state index in [2.05, 4.69) is 11.7 Å². The summed E-state index contributed by atoms with van der Waals surface area (Å²) in [5.41, 5.74) is -0.664. The second-order valence-corrected chi connectivity index (χ2v) is 6.55. The quantitative estimate of drug-likeness (QED) is 0.341. The molecule has 26 heavy (non-hydrogen) atoms. The van der Waals surface area contributed by atoms with Crippen LogP contribution < -0.4 is 4.74 Å². The molecule has 2 rings (SSSR count). The first-order valence-corrected chi connectivity index (χ1v) is 8.94. The number of rotatable bonds is 9. The molecule has 1 aromatic heterocycles. The molecule has 1 heterocycles. The van der Waals surface area contributed by atoms with E-state index >= 15 is 0 Å². The lowest BCUT2D eigenvalue weighted by Crippen LogP contribution is -2.11. The van der Waals surface area contributed by atoms with Gasteiger partial charge in [0.05, 0.1) is 23.5 Å². The van der Waals surface area contributed by atoms with E-state index in [1.54, 1.807) is 0 Å². The number of ether oxygens (including phenoxy) is 1. The van der Waals surface area contributed by atoms with E-state index in [1.165, 1.54) is 18.2 Å². The smallest absolute Gasteiger partial charge is 0.423 e. The van der Waals surface area contributed by atoms with Crippen LogP contribution in [0.1, 0.15) is 37.7 Å². The molecule has 0 fully saturated rings. The van der Waals surface area contributed by atoms with Gasteiger partial charge in [-0.05, 0) is 37.5 Å². The highest BCUT2D eigenvalue weighted by atomic mass is 35.5. The molecule has 0 N–H and O–H groups in total. The van der Waals surface area contributed by atoms with Crippen molar-refractivity contribution in [1.82, 2.24) is 9.78 Å². The number of nitrogens with zero attached hydrogens (tertiary/aromatic N) is 2. The maximum Gasteiger partial charge on any atom is 0.423 e. The average molecular weight is 407 g/mol. The number of halogens is 5. The van der Waals surface area contributed by atoms with Crippen LogP contribution in [0.5, 0.6) is 5.88 Å². The number of hydrogen-bond acceptors (Lipinski definition) is 2. The van der Waals surface area contributed by atoms with Crippen molar-refractivity contribution >= 4 is 23.2 Å². The van der Waals surface area contributed by atoms with Gasteiger partial charge in [0.15, 0.2) is 0 Å². The van der Waals surface area contributed by atoms with Gasteiger partial charge in [0.25, 0.3) is 0 Å². The van der Waals surface area contributed by atoms with E-state index in [0.717, 1.165) is 36.6 Å². The Morgan fingerprint density at radius 3 is 2.54 bits per heavy atom. The van der Waals surface area contributed by atoms with Gasteiger partial charge >= 0.3 is 6.18 Å². The van der Waals surface area contributed by atoms with Crippen molar-refractivity contribution in [2.45, 2.75) is 38.3 Å². The van der Waals surface area contributed by atoms with E-state index in [1.807, 2.05) is 6.08 Å². The van der Waals surface area contributed by atoms with Crippen LogP contribution in [-0.2, 0) is 6.18 Å². The zero-order valence-corrected chi connectivity index (χ0v) is 15.5. The van der Waals surface area contributed by atoms with E-state index in [0.29, 0.717) is 11.4 Å². The summed E-state index contributed by atoms with van der Waals surface area (Å²) in [5, 5.41) is 4.38. The fourth-order valence-electron chi connectivity index (χ4n) is 2.41. The Kier molecular flexibility index (Phi) is 7.41. The summed E-state index contributed by atoms with van der Waals surface area (Å²) in [6.07, 6.45) is 2.45. The third kappa shape index (κ3) is 5.42. The van der Waals surface area contributed by atoms with E-state index in [-0.39, 0.29) is 23.2 Å². The fourth-order valence-corrected chi connectivity index (χ4v) is 2.90. The van der Waals surface area contributed by atoms with Crippen LogP contribution in [-0.4, -0.2) is 16.4 Å². The van der Waals surface area contributed by atoms with Crippen LogP contribution in [0.2, 0.25) is 10.0 Å². The van der Waals surface area contributed by atoms with Gasteiger partial charge in [-0.3, -0.25) is 0 Å². The SMILES string of the molecule is C=CCCCCCCOc1c(C(F)(F)F)cnn1-c1ccc(Cl)cc1Cl. The third-order valence-corrected chi connectivity index (χ3v) is 4.25. The Morgan fingerprint density at radius 2 is 1.88 bits per heavy atom. The fraction of sp³-hybridized carbons (Fsp3) is 0.389. The van der Waals surface area contributed by atoms with Crippen molar-refractivity contribution < 1.29 is 17.9 Å². The molecule has 0 spiro atoms. The summed E-state index contributed by atoms with van der Waals surface area (Å²) in [5.74, 6) is -0.368. The summed E-state index contributed by atoms with van der Waals surface area (Å²) in [6.45, 7) is 3.81.